The molecule has 0 N–H and O–H groups in total. The minimum absolute atomic E-state index is 0.218. The Kier molecular flexibility index (Phi) is 2.15. The molecule has 0 spiro atoms. The third-order valence-electron chi connectivity index (χ3n) is 1.97. The van der Waals surface area contributed by atoms with Crippen molar-refractivity contribution in [1.82, 2.24) is 0 Å². The minimum Gasteiger partial charge on any atom is -0.300 e. The number of hydrogen-bond donors (Lipinski definition) is 0. The van der Waals surface area contributed by atoms with E-state index in [1.54, 1.807) is 18.3 Å². The molecule has 2 rings (SSSR count). The monoisotopic (exact) mass is 190 g/mol. The zero-order valence-electron chi connectivity index (χ0n) is 7.41. The van der Waals surface area contributed by atoms with E-state index in [0.717, 1.165) is 5.56 Å². The van der Waals surface area contributed by atoms with Gasteiger partial charge in [-0.3, -0.25) is 4.79 Å². The third kappa shape index (κ3) is 1.78. The van der Waals surface area contributed by atoms with E-state index in [1.165, 1.54) is 10.1 Å². The summed E-state index contributed by atoms with van der Waals surface area (Å²) < 4.78 is 1.26. The van der Waals surface area contributed by atoms with Crippen LogP contribution in [-0.2, 0) is 11.2 Å². The average molecular weight is 190 g/mol. The van der Waals surface area contributed by atoms with Gasteiger partial charge in [-0.1, -0.05) is 12.1 Å². The van der Waals surface area contributed by atoms with Crippen LogP contribution in [0, 0.1) is 0 Å². The molecule has 0 amide bonds. The van der Waals surface area contributed by atoms with E-state index in [-0.39, 0.29) is 5.78 Å². The van der Waals surface area contributed by atoms with E-state index >= 15 is 0 Å². The molecule has 0 aliphatic carbocycles. The summed E-state index contributed by atoms with van der Waals surface area (Å²) in [6.45, 7) is 1.62. The van der Waals surface area contributed by atoms with Gasteiger partial charge in [0.1, 0.15) is 5.78 Å². The van der Waals surface area contributed by atoms with Crippen molar-refractivity contribution in [2.24, 2.45) is 0 Å². The zero-order chi connectivity index (χ0) is 9.26. The van der Waals surface area contributed by atoms with Crippen LogP contribution in [-0.4, -0.2) is 5.78 Å². The summed E-state index contributed by atoms with van der Waals surface area (Å²) in [5, 5.41) is 3.33. The molecule has 0 atom stereocenters. The maximum absolute atomic E-state index is 10.9. The Bertz CT molecular complexity index is 442. The Morgan fingerprint density at radius 1 is 1.38 bits per heavy atom. The molecule has 1 nitrogen and oxygen atoms in total. The summed E-state index contributed by atoms with van der Waals surface area (Å²) in [4.78, 5) is 10.9. The van der Waals surface area contributed by atoms with Crippen LogP contribution in [0.4, 0.5) is 0 Å². The second kappa shape index (κ2) is 3.30. The van der Waals surface area contributed by atoms with E-state index in [2.05, 4.69) is 23.6 Å². The highest BCUT2D eigenvalue weighted by molar-refractivity contribution is 7.17. The summed E-state index contributed by atoms with van der Waals surface area (Å²) in [7, 11) is 0. The number of rotatable bonds is 2. The van der Waals surface area contributed by atoms with E-state index in [4.69, 9.17) is 0 Å². The van der Waals surface area contributed by atoms with Crippen molar-refractivity contribution < 1.29 is 4.79 Å². The summed E-state index contributed by atoms with van der Waals surface area (Å²) >= 11 is 1.72. The first-order valence-electron chi connectivity index (χ1n) is 4.21. The van der Waals surface area contributed by atoms with Gasteiger partial charge >= 0.3 is 0 Å². The molecule has 0 aliphatic rings. The number of fused-ring (bicyclic) bond motifs is 1. The van der Waals surface area contributed by atoms with E-state index < -0.39 is 0 Å². The molecule has 0 saturated carbocycles. The van der Waals surface area contributed by atoms with Crippen molar-refractivity contribution in [3.05, 3.63) is 35.2 Å². The second-order valence-electron chi connectivity index (χ2n) is 3.17. The first kappa shape index (κ1) is 8.45. The molecule has 0 aliphatic heterocycles. The van der Waals surface area contributed by atoms with Crippen LogP contribution in [0.3, 0.4) is 0 Å². The van der Waals surface area contributed by atoms with Gasteiger partial charge in [0.25, 0.3) is 0 Å². The largest absolute Gasteiger partial charge is 0.300 e. The fraction of sp³-hybridized carbons (Fsp3) is 0.182. The van der Waals surface area contributed by atoms with E-state index in [9.17, 15) is 4.79 Å². The normalized spacial score (nSPS) is 10.5. The smallest absolute Gasteiger partial charge is 0.134 e. The van der Waals surface area contributed by atoms with Crippen LogP contribution in [0.5, 0.6) is 0 Å². The average Bonchev–Trinajstić information content (AvgIpc) is 2.49. The first-order chi connectivity index (χ1) is 6.25. The van der Waals surface area contributed by atoms with Crippen LogP contribution in [0.2, 0.25) is 0 Å². The molecule has 0 fully saturated rings. The molecule has 1 heterocycles. The molecule has 66 valence electrons. The molecule has 1 aromatic carbocycles. The molecular weight excluding hydrogens is 180 g/mol. The van der Waals surface area contributed by atoms with Crippen LogP contribution in [0.25, 0.3) is 10.1 Å². The Balaban J connectivity index is 2.42. The summed E-state index contributed by atoms with van der Waals surface area (Å²) in [5.74, 6) is 0.218. The molecule has 0 radical (unpaired) electrons. The lowest BCUT2D eigenvalue weighted by atomic mass is 10.1. The predicted molar refractivity (Wildman–Crippen MR) is 56.2 cm³/mol. The van der Waals surface area contributed by atoms with Crippen LogP contribution in [0.15, 0.2) is 29.6 Å². The highest BCUT2D eigenvalue weighted by Gasteiger charge is 1.99. The van der Waals surface area contributed by atoms with Crippen LogP contribution < -0.4 is 0 Å². The third-order valence-corrected chi connectivity index (χ3v) is 2.85. The maximum atomic E-state index is 10.9. The van der Waals surface area contributed by atoms with Gasteiger partial charge in [-0.15, -0.1) is 11.3 Å². The maximum Gasteiger partial charge on any atom is 0.134 e. The van der Waals surface area contributed by atoms with Gasteiger partial charge in [0.2, 0.25) is 0 Å². The Hall–Kier alpha value is -1.15. The molecule has 2 aromatic rings. The highest BCUT2D eigenvalue weighted by atomic mass is 32.1. The number of hydrogen-bond acceptors (Lipinski definition) is 2. The van der Waals surface area contributed by atoms with Gasteiger partial charge in [0.15, 0.2) is 0 Å². The van der Waals surface area contributed by atoms with E-state index in [1.807, 2.05) is 6.07 Å². The SMILES string of the molecule is CC(=O)Cc1ccc2ccsc2c1. The number of Topliss-reactive ketones (excluding diaryl/α,β-unsaturated/α-hetero) is 1. The molecule has 0 bridgehead atoms. The quantitative estimate of drug-likeness (QED) is 0.711. The highest BCUT2D eigenvalue weighted by Crippen LogP contribution is 2.21. The van der Waals surface area contributed by atoms with Gasteiger partial charge in [-0.05, 0) is 35.4 Å². The topological polar surface area (TPSA) is 17.1 Å². The Morgan fingerprint density at radius 2 is 2.23 bits per heavy atom. The number of thiophene rings is 1. The lowest BCUT2D eigenvalue weighted by Gasteiger charge is -1.96. The van der Waals surface area contributed by atoms with Crippen molar-refractivity contribution in [1.29, 1.82) is 0 Å². The van der Waals surface area contributed by atoms with Gasteiger partial charge in [-0.25, -0.2) is 0 Å². The zero-order valence-corrected chi connectivity index (χ0v) is 8.23. The second-order valence-corrected chi connectivity index (χ2v) is 4.12. The number of benzene rings is 1. The number of carbonyl (C=O) groups excluding carboxylic acids is 1. The van der Waals surface area contributed by atoms with Gasteiger partial charge < -0.3 is 0 Å². The Labute approximate surface area is 81.0 Å². The first-order valence-corrected chi connectivity index (χ1v) is 5.09. The van der Waals surface area contributed by atoms with Gasteiger partial charge in [-0.2, -0.15) is 0 Å². The lowest BCUT2D eigenvalue weighted by molar-refractivity contribution is -0.116. The van der Waals surface area contributed by atoms with E-state index in [0.29, 0.717) is 6.42 Å². The van der Waals surface area contributed by atoms with Crippen LogP contribution >= 0.6 is 11.3 Å². The molecule has 1 aromatic heterocycles. The standard InChI is InChI=1S/C11H10OS/c1-8(12)6-9-2-3-10-4-5-13-11(10)7-9/h2-5,7H,6H2,1H3. The van der Waals surface area contributed by atoms with Crippen LogP contribution in [0.1, 0.15) is 12.5 Å². The molecular formula is C11H10OS. The van der Waals surface area contributed by atoms with Crippen molar-refractivity contribution in [2.45, 2.75) is 13.3 Å². The minimum atomic E-state index is 0.218. The summed E-state index contributed by atoms with van der Waals surface area (Å²) in [5.41, 5.74) is 1.11. The van der Waals surface area contributed by atoms with Gasteiger partial charge in [0, 0.05) is 11.1 Å². The molecule has 2 heteroatoms. The van der Waals surface area contributed by atoms with Crippen molar-refractivity contribution in [3.8, 4) is 0 Å². The van der Waals surface area contributed by atoms with Gasteiger partial charge in [0.05, 0.1) is 0 Å². The molecule has 0 saturated heterocycles. The predicted octanol–water partition coefficient (Wildman–Crippen LogP) is 3.03. The number of carbonyl (C=O) groups is 1. The van der Waals surface area contributed by atoms with Crippen molar-refractivity contribution in [3.63, 3.8) is 0 Å². The summed E-state index contributed by atoms with van der Waals surface area (Å²) in [6, 6.07) is 8.29. The van der Waals surface area contributed by atoms with Crippen molar-refractivity contribution >= 4 is 27.2 Å². The molecule has 13 heavy (non-hydrogen) atoms. The van der Waals surface area contributed by atoms with Crippen molar-refractivity contribution in [2.75, 3.05) is 0 Å². The number of ketones is 1. The Morgan fingerprint density at radius 3 is 3.00 bits per heavy atom. The molecule has 0 unspecified atom stereocenters. The lowest BCUT2D eigenvalue weighted by Crippen LogP contribution is -1.95. The fourth-order valence-corrected chi connectivity index (χ4v) is 2.25. The summed E-state index contributed by atoms with van der Waals surface area (Å²) in [6.07, 6.45) is 0.549. The fourth-order valence-electron chi connectivity index (χ4n) is 1.40.